The molecule has 0 aromatic heterocycles. The van der Waals surface area contributed by atoms with E-state index in [0.717, 1.165) is 17.0 Å². The predicted octanol–water partition coefficient (Wildman–Crippen LogP) is 3.83. The lowest BCUT2D eigenvalue weighted by Gasteiger charge is -2.37. The van der Waals surface area contributed by atoms with Crippen LogP contribution in [0.25, 0.3) is 0 Å². The Labute approximate surface area is 203 Å². The molecule has 4 rings (SSSR count). The maximum atomic E-state index is 14.1. The minimum atomic E-state index is -2.17. The van der Waals surface area contributed by atoms with Gasteiger partial charge in [-0.25, -0.2) is 0 Å². The standard InChI is InChI=1S/C27H35NO5Si/c1-7-15-28-23-13-10-20(32-4)17-22(23)27(26(28)30)18(2)25(24(33-27)14-16-29)34(5,6)21-11-8-19(31-3)9-12-21/h7-13,17-18,24-25,29H,1,14-16H2,2-6H3/t18-,24+,25-,27+/m1/s1. The molecule has 0 saturated carbocycles. The normalized spacial score (nSPS) is 26.1. The lowest BCUT2D eigenvalue weighted by Crippen LogP contribution is -2.51. The first-order chi connectivity index (χ1) is 16.3. The van der Waals surface area contributed by atoms with E-state index in [-0.39, 0.29) is 30.1 Å². The lowest BCUT2D eigenvalue weighted by atomic mass is 9.82. The van der Waals surface area contributed by atoms with E-state index in [1.807, 2.05) is 30.3 Å². The third-order valence-electron chi connectivity index (χ3n) is 7.77. The quantitative estimate of drug-likeness (QED) is 0.458. The number of nitrogens with zero attached hydrogens (tertiary/aromatic N) is 1. The van der Waals surface area contributed by atoms with Crippen molar-refractivity contribution in [3.05, 3.63) is 60.7 Å². The van der Waals surface area contributed by atoms with Gasteiger partial charge < -0.3 is 24.2 Å². The minimum Gasteiger partial charge on any atom is -0.497 e. The number of hydrogen-bond acceptors (Lipinski definition) is 5. The first-order valence-corrected chi connectivity index (χ1v) is 14.9. The molecule has 1 amide bonds. The largest absolute Gasteiger partial charge is 0.497 e. The molecule has 1 fully saturated rings. The second kappa shape index (κ2) is 9.21. The molecule has 0 bridgehead atoms. The van der Waals surface area contributed by atoms with Gasteiger partial charge in [0.05, 0.1) is 34.1 Å². The number of aliphatic hydroxyl groups excluding tert-OH is 1. The van der Waals surface area contributed by atoms with Crippen molar-refractivity contribution in [2.75, 3.05) is 32.3 Å². The molecule has 6 nitrogen and oxygen atoms in total. The predicted molar refractivity (Wildman–Crippen MR) is 137 cm³/mol. The summed E-state index contributed by atoms with van der Waals surface area (Å²) in [6.07, 6.45) is 1.98. The van der Waals surface area contributed by atoms with Gasteiger partial charge in [0.1, 0.15) is 11.5 Å². The van der Waals surface area contributed by atoms with Crippen LogP contribution in [0.2, 0.25) is 18.6 Å². The molecule has 2 aliphatic rings. The van der Waals surface area contributed by atoms with Crippen molar-refractivity contribution in [2.45, 2.75) is 43.7 Å². The van der Waals surface area contributed by atoms with Crippen molar-refractivity contribution in [3.63, 3.8) is 0 Å². The van der Waals surface area contributed by atoms with E-state index < -0.39 is 13.7 Å². The molecular weight excluding hydrogens is 446 g/mol. The smallest absolute Gasteiger partial charge is 0.264 e. The lowest BCUT2D eigenvalue weighted by molar-refractivity contribution is -0.146. The number of carbonyl (C=O) groups excluding carboxylic acids is 1. The molecule has 182 valence electrons. The van der Waals surface area contributed by atoms with E-state index in [1.165, 1.54) is 5.19 Å². The van der Waals surface area contributed by atoms with Crippen LogP contribution < -0.4 is 19.6 Å². The van der Waals surface area contributed by atoms with Gasteiger partial charge in [-0.3, -0.25) is 4.79 Å². The number of aliphatic hydroxyl groups is 1. The molecule has 4 atom stereocenters. The second-order valence-electron chi connectivity index (χ2n) is 9.76. The Morgan fingerprint density at radius 3 is 2.38 bits per heavy atom. The average Bonchev–Trinajstić information content (AvgIpc) is 3.26. The van der Waals surface area contributed by atoms with E-state index in [4.69, 9.17) is 14.2 Å². The summed E-state index contributed by atoms with van der Waals surface area (Å²) in [5.41, 5.74) is 0.675. The molecule has 0 unspecified atom stereocenters. The highest BCUT2D eigenvalue weighted by molar-refractivity contribution is 6.91. The topological polar surface area (TPSA) is 68.2 Å². The Hall–Kier alpha value is -2.61. The number of carbonyl (C=O) groups is 1. The maximum absolute atomic E-state index is 14.1. The molecule has 1 N–H and O–H groups in total. The van der Waals surface area contributed by atoms with E-state index in [2.05, 4.69) is 38.7 Å². The minimum absolute atomic E-state index is 0.00654. The number of rotatable bonds is 8. The maximum Gasteiger partial charge on any atom is 0.264 e. The first-order valence-electron chi connectivity index (χ1n) is 11.8. The van der Waals surface area contributed by atoms with Crippen molar-refractivity contribution in [3.8, 4) is 11.5 Å². The van der Waals surface area contributed by atoms with Gasteiger partial charge in [0.2, 0.25) is 0 Å². The monoisotopic (exact) mass is 481 g/mol. The fourth-order valence-electron chi connectivity index (χ4n) is 6.13. The third-order valence-corrected chi connectivity index (χ3v) is 12.1. The Bertz CT molecular complexity index is 1070. The number of methoxy groups -OCH3 is 2. The Kier molecular flexibility index (Phi) is 6.64. The number of hydrogen-bond donors (Lipinski definition) is 1. The molecule has 1 spiro atoms. The van der Waals surface area contributed by atoms with Gasteiger partial charge in [-0.05, 0) is 42.3 Å². The van der Waals surface area contributed by atoms with Crippen LogP contribution in [0.15, 0.2) is 55.1 Å². The van der Waals surface area contributed by atoms with Crippen molar-refractivity contribution in [1.29, 1.82) is 0 Å². The van der Waals surface area contributed by atoms with E-state index in [9.17, 15) is 9.90 Å². The van der Waals surface area contributed by atoms with Crippen LogP contribution in [-0.2, 0) is 15.1 Å². The molecular formula is C27H35NO5Si. The van der Waals surface area contributed by atoms with Crippen molar-refractivity contribution >= 4 is 24.9 Å². The number of anilines is 1. The number of benzene rings is 2. The molecule has 7 heteroatoms. The summed E-state index contributed by atoms with van der Waals surface area (Å²) in [7, 11) is 1.13. The van der Waals surface area contributed by atoms with E-state index >= 15 is 0 Å². The highest BCUT2D eigenvalue weighted by atomic mass is 28.3. The third kappa shape index (κ3) is 3.58. The zero-order valence-electron chi connectivity index (χ0n) is 20.7. The summed E-state index contributed by atoms with van der Waals surface area (Å²) in [4.78, 5) is 15.8. The molecule has 2 aromatic carbocycles. The molecule has 0 radical (unpaired) electrons. The zero-order valence-corrected chi connectivity index (χ0v) is 21.7. The highest BCUT2D eigenvalue weighted by Crippen LogP contribution is 2.60. The number of fused-ring (bicyclic) bond motifs is 2. The second-order valence-corrected chi connectivity index (χ2v) is 14.4. The Balaban J connectivity index is 1.85. The molecule has 2 aromatic rings. The SMILES string of the molecule is C=CCN1C(=O)[C@@]2(O[C@@H](CCO)[C@H]([Si](C)(C)c3ccc(OC)cc3)[C@H]2C)c2cc(OC)ccc21. The van der Waals surface area contributed by atoms with E-state index in [0.29, 0.717) is 18.7 Å². The molecule has 0 aliphatic carbocycles. The van der Waals surface area contributed by atoms with Crippen LogP contribution in [0.5, 0.6) is 11.5 Å². The highest BCUT2D eigenvalue weighted by Gasteiger charge is 2.66. The summed E-state index contributed by atoms with van der Waals surface area (Å²) in [5.74, 6) is 1.35. The summed E-state index contributed by atoms with van der Waals surface area (Å²) < 4.78 is 17.7. The number of ether oxygens (including phenoxy) is 3. The van der Waals surface area contributed by atoms with Gasteiger partial charge in [-0.15, -0.1) is 6.58 Å². The van der Waals surface area contributed by atoms with Crippen molar-refractivity contribution in [2.24, 2.45) is 5.92 Å². The fraction of sp³-hybridized carbons (Fsp3) is 0.444. The Morgan fingerprint density at radius 1 is 1.15 bits per heavy atom. The summed E-state index contributed by atoms with van der Waals surface area (Å²) in [6.45, 7) is 11.1. The van der Waals surface area contributed by atoms with Crippen LogP contribution in [0.4, 0.5) is 5.69 Å². The molecule has 2 aliphatic heterocycles. The molecule has 2 heterocycles. The number of amides is 1. The average molecular weight is 482 g/mol. The van der Waals surface area contributed by atoms with Crippen LogP contribution in [0.3, 0.4) is 0 Å². The van der Waals surface area contributed by atoms with Gasteiger partial charge in [-0.1, -0.05) is 43.4 Å². The van der Waals surface area contributed by atoms with Crippen molar-refractivity contribution < 1.29 is 24.1 Å². The zero-order chi connectivity index (χ0) is 24.7. The van der Waals surface area contributed by atoms with Gasteiger partial charge in [0.15, 0.2) is 5.60 Å². The summed E-state index contributed by atoms with van der Waals surface area (Å²) in [6, 6.07) is 14.0. The van der Waals surface area contributed by atoms with Gasteiger partial charge in [-0.2, -0.15) is 0 Å². The van der Waals surface area contributed by atoms with Gasteiger partial charge in [0.25, 0.3) is 5.91 Å². The van der Waals surface area contributed by atoms with E-state index in [1.54, 1.807) is 25.2 Å². The van der Waals surface area contributed by atoms with Crippen LogP contribution >= 0.6 is 0 Å². The van der Waals surface area contributed by atoms with Gasteiger partial charge in [0, 0.05) is 24.6 Å². The van der Waals surface area contributed by atoms with Crippen LogP contribution in [-0.4, -0.2) is 52.6 Å². The molecule has 1 saturated heterocycles. The first kappa shape index (κ1) is 24.5. The van der Waals surface area contributed by atoms with Gasteiger partial charge >= 0.3 is 0 Å². The fourth-order valence-corrected chi connectivity index (χ4v) is 10.2. The van der Waals surface area contributed by atoms with Crippen LogP contribution in [0.1, 0.15) is 18.9 Å². The Morgan fingerprint density at radius 2 is 1.79 bits per heavy atom. The van der Waals surface area contributed by atoms with Crippen molar-refractivity contribution in [1.82, 2.24) is 0 Å². The summed E-state index contributed by atoms with van der Waals surface area (Å²) in [5, 5.41) is 11.2. The molecule has 34 heavy (non-hydrogen) atoms. The summed E-state index contributed by atoms with van der Waals surface area (Å²) >= 11 is 0. The van der Waals surface area contributed by atoms with Crippen LogP contribution in [0, 0.1) is 5.92 Å².